The van der Waals surface area contributed by atoms with Crippen molar-refractivity contribution in [1.82, 2.24) is 0 Å². The molecule has 0 unspecified atom stereocenters. The number of rotatable bonds is 0. The van der Waals surface area contributed by atoms with Gasteiger partial charge in [-0.2, -0.15) is 0 Å². The van der Waals surface area contributed by atoms with Crippen molar-refractivity contribution in [1.29, 1.82) is 0 Å². The van der Waals surface area contributed by atoms with Gasteiger partial charge >= 0.3 is 0 Å². The van der Waals surface area contributed by atoms with E-state index >= 15 is 0 Å². The zero-order chi connectivity index (χ0) is 11.1. The minimum Gasteiger partial charge on any atom is -0.115 e. The summed E-state index contributed by atoms with van der Waals surface area (Å²) in [6.45, 7) is 0. The SMILES string of the molecule is C#Cc1ccc2c(c1C#C)=c1ccccc1=2. The highest BCUT2D eigenvalue weighted by Crippen LogP contribution is 2.18. The first kappa shape index (κ1) is 8.84. The van der Waals surface area contributed by atoms with E-state index in [4.69, 9.17) is 12.8 Å². The number of benzene rings is 2. The van der Waals surface area contributed by atoms with Crippen molar-refractivity contribution in [3.63, 3.8) is 0 Å². The third-order valence-electron chi connectivity index (χ3n) is 2.99. The van der Waals surface area contributed by atoms with Crippen LogP contribution in [0.4, 0.5) is 0 Å². The molecule has 0 heterocycles. The molecule has 0 saturated heterocycles. The van der Waals surface area contributed by atoms with E-state index in [0.29, 0.717) is 0 Å². The molecule has 0 heteroatoms. The summed E-state index contributed by atoms with van der Waals surface area (Å²) in [6.07, 6.45) is 11.0. The molecule has 0 spiro atoms. The first-order valence-corrected chi connectivity index (χ1v) is 5.07. The molecule has 3 rings (SSSR count). The fourth-order valence-corrected chi connectivity index (χ4v) is 2.25. The predicted molar refractivity (Wildman–Crippen MR) is 64.1 cm³/mol. The molecule has 0 fully saturated rings. The van der Waals surface area contributed by atoms with Crippen molar-refractivity contribution in [2.75, 3.05) is 0 Å². The van der Waals surface area contributed by atoms with E-state index in [-0.39, 0.29) is 0 Å². The lowest BCUT2D eigenvalue weighted by Crippen LogP contribution is -1.97. The Morgan fingerprint density at radius 1 is 0.750 bits per heavy atom. The lowest BCUT2D eigenvalue weighted by Gasteiger charge is -2.08. The molecule has 72 valence electrons. The highest BCUT2D eigenvalue weighted by atomic mass is 14.1. The van der Waals surface area contributed by atoms with Gasteiger partial charge < -0.3 is 0 Å². The van der Waals surface area contributed by atoms with E-state index < -0.39 is 0 Å². The van der Waals surface area contributed by atoms with Gasteiger partial charge in [0.1, 0.15) is 0 Å². The summed E-state index contributed by atoms with van der Waals surface area (Å²) in [7, 11) is 0. The molecule has 0 amide bonds. The van der Waals surface area contributed by atoms with Gasteiger partial charge in [0.25, 0.3) is 0 Å². The first-order valence-electron chi connectivity index (χ1n) is 5.07. The average Bonchev–Trinajstić information content (AvgIpc) is 2.34. The molecule has 2 aromatic rings. The van der Waals surface area contributed by atoms with Crippen LogP contribution in [-0.4, -0.2) is 0 Å². The van der Waals surface area contributed by atoms with E-state index in [0.717, 1.165) is 16.3 Å². The quantitative estimate of drug-likeness (QED) is 0.489. The van der Waals surface area contributed by atoms with Crippen LogP contribution in [0.2, 0.25) is 0 Å². The second-order valence-electron chi connectivity index (χ2n) is 3.74. The molecule has 1 aliphatic rings. The second kappa shape index (κ2) is 3.02. The van der Waals surface area contributed by atoms with Gasteiger partial charge in [0.05, 0.1) is 0 Å². The topological polar surface area (TPSA) is 0 Å². The van der Waals surface area contributed by atoms with Gasteiger partial charge in [0.2, 0.25) is 0 Å². The van der Waals surface area contributed by atoms with Crippen LogP contribution in [0.15, 0.2) is 36.4 Å². The fourth-order valence-electron chi connectivity index (χ4n) is 2.25. The molecular formula is C16H8. The zero-order valence-electron chi connectivity index (χ0n) is 8.62. The van der Waals surface area contributed by atoms with Crippen molar-refractivity contribution in [3.8, 4) is 24.7 Å². The minimum absolute atomic E-state index is 0.802. The Morgan fingerprint density at radius 3 is 2.19 bits per heavy atom. The lowest BCUT2D eigenvalue weighted by atomic mass is 9.94. The molecule has 0 N–H and O–H groups in total. The summed E-state index contributed by atoms with van der Waals surface area (Å²) < 4.78 is 0. The summed E-state index contributed by atoms with van der Waals surface area (Å²) in [6, 6.07) is 12.2. The maximum Gasteiger partial charge on any atom is 0.0483 e. The number of fused-ring (bicyclic) bond motifs is 2. The maximum atomic E-state index is 5.54. The van der Waals surface area contributed by atoms with Crippen LogP contribution in [0.5, 0.6) is 0 Å². The minimum atomic E-state index is 0.802. The Bertz CT molecular complexity index is 856. The molecule has 0 nitrogen and oxygen atoms in total. The smallest absolute Gasteiger partial charge is 0.0483 e. The molecule has 0 bridgehead atoms. The predicted octanol–water partition coefficient (Wildman–Crippen LogP) is 2.54. The Hall–Kier alpha value is -2.44. The molecule has 0 saturated carbocycles. The van der Waals surface area contributed by atoms with E-state index in [1.807, 2.05) is 24.3 Å². The largest absolute Gasteiger partial charge is 0.115 e. The normalized spacial score (nSPS) is 10.4. The van der Waals surface area contributed by atoms with Crippen molar-refractivity contribution in [2.45, 2.75) is 0 Å². The van der Waals surface area contributed by atoms with E-state index in [1.165, 1.54) is 15.7 Å². The number of terminal acetylenes is 2. The van der Waals surface area contributed by atoms with Crippen molar-refractivity contribution in [2.24, 2.45) is 0 Å². The summed E-state index contributed by atoms with van der Waals surface area (Å²) in [5.74, 6) is 5.34. The number of hydrogen-bond donors (Lipinski definition) is 0. The summed E-state index contributed by atoms with van der Waals surface area (Å²) in [5, 5.41) is 4.82. The van der Waals surface area contributed by atoms with Crippen LogP contribution in [0.1, 0.15) is 11.1 Å². The van der Waals surface area contributed by atoms with Gasteiger partial charge in [-0.3, -0.25) is 0 Å². The molecule has 0 aromatic heterocycles. The average molecular weight is 200 g/mol. The van der Waals surface area contributed by atoms with E-state index in [2.05, 4.69) is 24.0 Å². The molecule has 2 aromatic carbocycles. The molecule has 0 aliphatic heterocycles. The first-order chi connectivity index (χ1) is 7.86. The third kappa shape index (κ3) is 0.914. The van der Waals surface area contributed by atoms with Gasteiger partial charge in [-0.05, 0) is 21.7 Å². The van der Waals surface area contributed by atoms with Gasteiger partial charge in [0, 0.05) is 16.3 Å². The summed E-state index contributed by atoms with van der Waals surface area (Å²) in [4.78, 5) is 0. The van der Waals surface area contributed by atoms with Crippen LogP contribution in [0, 0.1) is 45.6 Å². The molecule has 0 atom stereocenters. The Labute approximate surface area is 93.6 Å². The molecule has 1 aliphatic carbocycles. The Kier molecular flexibility index (Phi) is 1.67. The van der Waals surface area contributed by atoms with Crippen LogP contribution < -0.4 is 0 Å². The standard InChI is InChI=1S/C16H8/c1-3-11-9-10-15-13-7-5-6-8-14(13)16(15)12(11)4-2/h1-2,5-10H. The van der Waals surface area contributed by atoms with Gasteiger partial charge in [-0.1, -0.05) is 42.2 Å². The highest BCUT2D eigenvalue weighted by Gasteiger charge is 2.07. The Morgan fingerprint density at radius 2 is 1.50 bits per heavy atom. The lowest BCUT2D eigenvalue weighted by molar-refractivity contribution is 1.26. The van der Waals surface area contributed by atoms with Crippen molar-refractivity contribution >= 4 is 0 Å². The van der Waals surface area contributed by atoms with E-state index in [1.54, 1.807) is 0 Å². The van der Waals surface area contributed by atoms with E-state index in [9.17, 15) is 0 Å². The van der Waals surface area contributed by atoms with Crippen molar-refractivity contribution < 1.29 is 0 Å². The monoisotopic (exact) mass is 200 g/mol. The summed E-state index contributed by atoms with van der Waals surface area (Å²) >= 11 is 0. The zero-order valence-corrected chi connectivity index (χ0v) is 8.62. The number of hydrogen-bond acceptors (Lipinski definition) is 0. The summed E-state index contributed by atoms with van der Waals surface area (Å²) in [5.41, 5.74) is 1.65. The third-order valence-corrected chi connectivity index (χ3v) is 2.99. The van der Waals surface area contributed by atoms with Crippen LogP contribution in [0.25, 0.3) is 0 Å². The maximum absolute atomic E-state index is 5.54. The fraction of sp³-hybridized carbons (Fsp3) is 0. The second-order valence-corrected chi connectivity index (χ2v) is 3.74. The Balaban J connectivity index is 2.65. The van der Waals surface area contributed by atoms with Crippen LogP contribution in [0.3, 0.4) is 0 Å². The molecular weight excluding hydrogens is 192 g/mol. The van der Waals surface area contributed by atoms with Crippen LogP contribution in [-0.2, 0) is 0 Å². The van der Waals surface area contributed by atoms with Gasteiger partial charge in [-0.15, -0.1) is 12.8 Å². The van der Waals surface area contributed by atoms with Gasteiger partial charge in [-0.25, -0.2) is 0 Å². The van der Waals surface area contributed by atoms with Gasteiger partial charge in [0.15, 0.2) is 0 Å². The molecule has 0 radical (unpaired) electrons. The van der Waals surface area contributed by atoms with Crippen molar-refractivity contribution in [3.05, 3.63) is 68.4 Å². The molecule has 16 heavy (non-hydrogen) atoms. The highest BCUT2D eigenvalue weighted by molar-refractivity contribution is 5.52. The van der Waals surface area contributed by atoms with Crippen LogP contribution >= 0.6 is 0 Å².